The highest BCUT2D eigenvalue weighted by molar-refractivity contribution is 9.10. The number of halogens is 1. The van der Waals surface area contributed by atoms with Crippen LogP contribution in [-0.2, 0) is 6.42 Å². The monoisotopic (exact) mass is 441 g/mol. The van der Waals surface area contributed by atoms with Crippen molar-refractivity contribution in [1.82, 2.24) is 0 Å². The van der Waals surface area contributed by atoms with Gasteiger partial charge >= 0.3 is 0 Å². The smallest absolute Gasteiger partial charge is 0.205 e. The number of ether oxygens (including phenoxy) is 3. The summed E-state index contributed by atoms with van der Waals surface area (Å²) in [4.78, 5) is 0. The molecule has 2 heterocycles. The summed E-state index contributed by atoms with van der Waals surface area (Å²) in [6, 6.07) is 10.2. The molecule has 0 spiro atoms. The molecule has 6 nitrogen and oxygen atoms in total. The fourth-order valence-electron chi connectivity index (χ4n) is 3.87. The normalized spacial score (nSPS) is 17.6. The number of fused-ring (bicyclic) bond motifs is 2. The zero-order valence-corrected chi connectivity index (χ0v) is 17.2. The molecule has 1 atom stereocenters. The minimum absolute atomic E-state index is 0.127. The lowest BCUT2D eigenvalue weighted by Gasteiger charge is -2.29. The largest absolute Gasteiger partial charge is 0.493 e. The highest BCUT2D eigenvalue weighted by Gasteiger charge is 2.33. The third-order valence-corrected chi connectivity index (χ3v) is 5.76. The van der Waals surface area contributed by atoms with E-state index in [1.165, 1.54) is 5.56 Å². The van der Waals surface area contributed by atoms with Gasteiger partial charge in [0.05, 0.1) is 24.6 Å². The van der Waals surface area contributed by atoms with Crippen molar-refractivity contribution in [3.8, 4) is 23.3 Å². The van der Waals surface area contributed by atoms with Crippen LogP contribution in [0.15, 0.2) is 40.2 Å². The highest BCUT2D eigenvalue weighted by atomic mass is 79.9. The first-order valence-electron chi connectivity index (χ1n) is 8.97. The number of aryl methyl sites for hydroxylation is 1. The van der Waals surface area contributed by atoms with Crippen LogP contribution in [0.2, 0.25) is 0 Å². The lowest BCUT2D eigenvalue weighted by molar-refractivity contribution is 0.352. The number of rotatable bonds is 3. The Morgan fingerprint density at radius 1 is 1.25 bits per heavy atom. The number of benzene rings is 2. The quantitative estimate of drug-likeness (QED) is 0.746. The molecule has 7 heteroatoms. The van der Waals surface area contributed by atoms with Gasteiger partial charge in [0.25, 0.3) is 0 Å². The van der Waals surface area contributed by atoms with E-state index in [4.69, 9.17) is 19.9 Å². The van der Waals surface area contributed by atoms with E-state index in [2.05, 4.69) is 33.4 Å². The second-order valence-electron chi connectivity index (χ2n) is 6.74. The second kappa shape index (κ2) is 7.28. The van der Waals surface area contributed by atoms with Crippen LogP contribution in [0.25, 0.3) is 0 Å². The van der Waals surface area contributed by atoms with Crippen molar-refractivity contribution in [3.63, 3.8) is 0 Å². The van der Waals surface area contributed by atoms with E-state index in [0.717, 1.165) is 40.7 Å². The minimum Gasteiger partial charge on any atom is -0.493 e. The molecule has 0 aromatic heterocycles. The Hall–Kier alpha value is -2.85. The molecule has 28 heavy (non-hydrogen) atoms. The summed E-state index contributed by atoms with van der Waals surface area (Å²) in [5, 5.41) is 13.2. The maximum absolute atomic E-state index is 9.81. The summed E-state index contributed by atoms with van der Waals surface area (Å²) < 4.78 is 17.5. The van der Waals surface area contributed by atoms with Gasteiger partial charge in [-0.05, 0) is 58.1 Å². The van der Waals surface area contributed by atoms with E-state index >= 15 is 0 Å². The third-order valence-electron chi connectivity index (χ3n) is 5.17. The van der Waals surface area contributed by atoms with Gasteiger partial charge in [0, 0.05) is 23.9 Å². The Bertz CT molecular complexity index is 1030. The van der Waals surface area contributed by atoms with Crippen LogP contribution in [0.3, 0.4) is 0 Å². The van der Waals surface area contributed by atoms with Gasteiger partial charge in [-0.3, -0.25) is 0 Å². The third kappa shape index (κ3) is 2.94. The van der Waals surface area contributed by atoms with Crippen LogP contribution in [0, 0.1) is 11.3 Å². The van der Waals surface area contributed by atoms with Crippen molar-refractivity contribution in [2.75, 3.05) is 26.1 Å². The Kier molecular flexibility index (Phi) is 4.82. The van der Waals surface area contributed by atoms with E-state index < -0.39 is 0 Å². The number of nitrogens with zero attached hydrogens (tertiary/aromatic N) is 1. The molecule has 0 aliphatic carbocycles. The van der Waals surface area contributed by atoms with E-state index in [-0.39, 0.29) is 11.8 Å². The summed E-state index contributed by atoms with van der Waals surface area (Å²) in [6.45, 7) is 0.937. The maximum Gasteiger partial charge on any atom is 0.205 e. The number of nitrogens with two attached hydrogens (primary N) is 1. The summed E-state index contributed by atoms with van der Waals surface area (Å²) in [5.74, 6) is 1.62. The standard InChI is InChI=1S/C21H20BrN3O3/c1-26-18-8-12(7-15(22)20(18)27-2)19-13-6-11-4-3-5-25-16(11)9-17(13)28-21(24)14(19)10-23/h6-9,19,25H,3-5,24H2,1-2H3. The van der Waals surface area contributed by atoms with Crippen LogP contribution >= 0.6 is 15.9 Å². The van der Waals surface area contributed by atoms with Gasteiger partial charge in [0.2, 0.25) is 5.88 Å². The van der Waals surface area contributed by atoms with Crippen LogP contribution in [0.5, 0.6) is 17.2 Å². The predicted molar refractivity (Wildman–Crippen MR) is 110 cm³/mol. The predicted octanol–water partition coefficient (Wildman–Crippen LogP) is 4.04. The number of methoxy groups -OCH3 is 2. The zero-order chi connectivity index (χ0) is 19.8. The molecule has 144 valence electrons. The van der Waals surface area contributed by atoms with E-state index in [0.29, 0.717) is 22.8 Å². The summed E-state index contributed by atoms with van der Waals surface area (Å²) >= 11 is 3.55. The average Bonchev–Trinajstić information content (AvgIpc) is 2.70. The lowest BCUT2D eigenvalue weighted by Crippen LogP contribution is -2.22. The average molecular weight is 442 g/mol. The molecule has 2 aromatic carbocycles. The Labute approximate surface area is 172 Å². The Balaban J connectivity index is 1.93. The molecule has 0 bridgehead atoms. The molecule has 2 aromatic rings. The fourth-order valence-corrected chi connectivity index (χ4v) is 4.49. The number of allylic oxidation sites excluding steroid dienone is 1. The topological polar surface area (TPSA) is 89.5 Å². The van der Waals surface area contributed by atoms with Crippen molar-refractivity contribution in [1.29, 1.82) is 5.26 Å². The minimum atomic E-state index is -0.350. The molecular weight excluding hydrogens is 422 g/mol. The number of hydrogen-bond acceptors (Lipinski definition) is 6. The molecule has 1 unspecified atom stereocenters. The van der Waals surface area contributed by atoms with Gasteiger partial charge in [0.1, 0.15) is 17.4 Å². The molecular formula is C21H20BrN3O3. The zero-order valence-electron chi connectivity index (χ0n) is 15.6. The van der Waals surface area contributed by atoms with Crippen molar-refractivity contribution < 1.29 is 14.2 Å². The molecule has 0 fully saturated rings. The summed E-state index contributed by atoms with van der Waals surface area (Å²) in [5.41, 5.74) is 10.6. The SMILES string of the molecule is COc1cc(C2C(C#N)=C(N)Oc3cc4c(cc32)CCCN4)cc(Br)c1OC. The molecule has 0 saturated carbocycles. The fraction of sp³-hybridized carbons (Fsp3) is 0.286. The number of anilines is 1. The van der Waals surface area contributed by atoms with Gasteiger partial charge in [-0.2, -0.15) is 5.26 Å². The molecule has 4 rings (SSSR count). The number of nitrogens with one attached hydrogen (secondary N) is 1. The van der Waals surface area contributed by atoms with Crippen molar-refractivity contribution in [2.24, 2.45) is 5.73 Å². The van der Waals surface area contributed by atoms with E-state index in [1.54, 1.807) is 14.2 Å². The Morgan fingerprint density at radius 3 is 2.79 bits per heavy atom. The summed E-state index contributed by atoms with van der Waals surface area (Å²) in [7, 11) is 3.17. The number of nitriles is 1. The van der Waals surface area contributed by atoms with Crippen molar-refractivity contribution in [2.45, 2.75) is 18.8 Å². The van der Waals surface area contributed by atoms with Crippen molar-refractivity contribution >= 4 is 21.6 Å². The van der Waals surface area contributed by atoms with Gasteiger partial charge < -0.3 is 25.3 Å². The summed E-state index contributed by atoms with van der Waals surface area (Å²) in [6.07, 6.45) is 2.06. The van der Waals surface area contributed by atoms with E-state index in [1.807, 2.05) is 18.2 Å². The maximum atomic E-state index is 9.81. The first-order chi connectivity index (χ1) is 13.6. The first kappa shape index (κ1) is 18.5. The van der Waals surface area contributed by atoms with Gasteiger partial charge in [-0.25, -0.2) is 0 Å². The molecule has 0 amide bonds. The van der Waals surface area contributed by atoms with Crippen LogP contribution in [0.1, 0.15) is 29.0 Å². The first-order valence-corrected chi connectivity index (χ1v) is 9.76. The molecule has 0 radical (unpaired) electrons. The second-order valence-corrected chi connectivity index (χ2v) is 7.59. The van der Waals surface area contributed by atoms with Crippen LogP contribution in [-0.4, -0.2) is 20.8 Å². The Morgan fingerprint density at radius 2 is 2.07 bits per heavy atom. The van der Waals surface area contributed by atoms with Crippen LogP contribution < -0.4 is 25.3 Å². The van der Waals surface area contributed by atoms with Gasteiger partial charge in [0.15, 0.2) is 11.5 Å². The van der Waals surface area contributed by atoms with Crippen LogP contribution in [0.4, 0.5) is 5.69 Å². The van der Waals surface area contributed by atoms with E-state index in [9.17, 15) is 5.26 Å². The molecule has 3 N–H and O–H groups in total. The molecule has 2 aliphatic rings. The lowest BCUT2D eigenvalue weighted by atomic mass is 9.82. The van der Waals surface area contributed by atoms with Gasteiger partial charge in [-0.15, -0.1) is 0 Å². The highest BCUT2D eigenvalue weighted by Crippen LogP contribution is 2.47. The van der Waals surface area contributed by atoms with Gasteiger partial charge in [-0.1, -0.05) is 0 Å². The molecule has 2 aliphatic heterocycles. The molecule has 0 saturated heterocycles. The van der Waals surface area contributed by atoms with Crippen molar-refractivity contribution in [3.05, 3.63) is 56.9 Å². The number of hydrogen-bond donors (Lipinski definition) is 2.